The maximum atomic E-state index is 11.7. The normalized spacial score (nSPS) is 9.90. The summed E-state index contributed by atoms with van der Waals surface area (Å²) in [5.74, 6) is 19.1. The maximum Gasteiger partial charge on any atom is 0.412 e. The zero-order chi connectivity index (χ0) is 36.8. The van der Waals surface area contributed by atoms with Crippen molar-refractivity contribution in [2.24, 2.45) is 0 Å². The third-order valence-corrected chi connectivity index (χ3v) is 5.91. The van der Waals surface area contributed by atoms with Gasteiger partial charge in [0, 0.05) is 22.4 Å². The molecule has 0 aliphatic carbocycles. The van der Waals surface area contributed by atoms with Gasteiger partial charge in [-0.05, 0) is 130 Å². The first-order chi connectivity index (χ1) is 23.1. The molecule has 0 saturated heterocycles. The van der Waals surface area contributed by atoms with Crippen LogP contribution in [0, 0.1) is 46.9 Å². The first-order valence-electron chi connectivity index (χ1n) is 15.5. The number of benzene rings is 3. The molecule has 9 heteroatoms. The molecule has 0 atom stereocenters. The average Bonchev–Trinajstić information content (AvgIpc) is 3.02. The van der Waals surface area contributed by atoms with Crippen LogP contribution in [0.2, 0.25) is 5.02 Å². The molecule has 0 unspecified atom stereocenters. The Balaban J connectivity index is 0.000000380. The number of nitriles is 1. The number of hydrogen-bond acceptors (Lipinski definition) is 7. The highest BCUT2D eigenvalue weighted by atomic mass is 35.5. The monoisotopic (exact) mass is 681 g/mol. The van der Waals surface area contributed by atoms with Crippen molar-refractivity contribution in [2.45, 2.75) is 26.4 Å². The number of methoxy groups -OCH3 is 1. The van der Waals surface area contributed by atoms with Crippen molar-refractivity contribution in [3.63, 3.8) is 0 Å². The van der Waals surface area contributed by atoms with Crippen LogP contribution in [0.15, 0.2) is 66.7 Å². The Bertz CT molecular complexity index is 1690. The van der Waals surface area contributed by atoms with Gasteiger partial charge in [0.15, 0.2) is 0 Å². The van der Waals surface area contributed by atoms with Gasteiger partial charge in [-0.2, -0.15) is 5.26 Å². The lowest BCUT2D eigenvalue weighted by Gasteiger charge is -2.19. The lowest BCUT2D eigenvalue weighted by molar-refractivity contribution is 0.0636. The molecule has 1 N–H and O–H groups in total. The predicted molar refractivity (Wildman–Crippen MR) is 202 cm³/mol. The molecule has 49 heavy (non-hydrogen) atoms. The minimum Gasteiger partial charge on any atom is -0.497 e. The minimum atomic E-state index is -0.536. The van der Waals surface area contributed by atoms with E-state index in [9.17, 15) is 4.79 Å². The van der Waals surface area contributed by atoms with Gasteiger partial charge in [-0.25, -0.2) is 4.79 Å². The number of rotatable bonds is 5. The second-order valence-electron chi connectivity index (χ2n) is 12.4. The second kappa shape index (κ2) is 22.6. The molecule has 3 aromatic carbocycles. The number of amides is 1. The van der Waals surface area contributed by atoms with Crippen molar-refractivity contribution in [1.29, 1.82) is 5.26 Å². The number of ether oxygens (including phenoxy) is 2. The average molecular weight is 682 g/mol. The molecule has 0 saturated carbocycles. The van der Waals surface area contributed by atoms with Crippen molar-refractivity contribution in [3.05, 3.63) is 94.0 Å². The molecule has 0 aliphatic rings. The number of halogens is 1. The molecule has 0 aromatic heterocycles. The number of nitrogens with zero attached hydrogens (tertiary/aromatic N) is 4. The number of anilines is 1. The summed E-state index contributed by atoms with van der Waals surface area (Å²) in [6.07, 6.45) is -0.509. The third kappa shape index (κ3) is 20.8. The zero-order valence-corrected chi connectivity index (χ0v) is 31.1. The van der Waals surface area contributed by atoms with E-state index in [0.717, 1.165) is 35.5 Å². The van der Waals surface area contributed by atoms with Crippen LogP contribution in [-0.2, 0) is 4.74 Å². The van der Waals surface area contributed by atoms with E-state index in [2.05, 4.69) is 46.9 Å². The fourth-order valence-corrected chi connectivity index (χ4v) is 3.54. The van der Waals surface area contributed by atoms with E-state index < -0.39 is 11.7 Å². The van der Waals surface area contributed by atoms with Crippen LogP contribution in [0.1, 0.15) is 43.0 Å². The van der Waals surface area contributed by atoms with Gasteiger partial charge in [0.1, 0.15) is 11.4 Å². The standard InChI is InChI=1S/C16H21ClN2O2.C12H12N2.C12H15NO/c1-16(2,3)21-15(20)18-13-9-8-12(14(17)11-13)7-6-10-19(4)5;1-14(2)9-3-4-11-5-7-12(10-13)8-6-11;1-13(2)10-4-5-11-6-8-12(14-3)9-7-11/h8-9,11H,10H2,1-5H3,(H,18,20);5-8H,9H2,1-2H3;6-9H,10H2,1-3H3. The molecule has 0 heterocycles. The van der Waals surface area contributed by atoms with Gasteiger partial charge in [-0.3, -0.25) is 20.0 Å². The number of carbonyl (C=O) groups excluding carboxylic acids is 1. The molecular formula is C40H48ClN5O3. The van der Waals surface area contributed by atoms with Gasteiger partial charge >= 0.3 is 6.09 Å². The van der Waals surface area contributed by atoms with Crippen molar-refractivity contribution >= 4 is 23.4 Å². The van der Waals surface area contributed by atoms with Crippen LogP contribution >= 0.6 is 11.6 Å². The molecule has 3 rings (SSSR count). The Kier molecular flexibility index (Phi) is 19.4. The van der Waals surface area contributed by atoms with Gasteiger partial charge in [0.05, 0.1) is 43.4 Å². The topological polar surface area (TPSA) is 81.1 Å². The SMILES string of the molecule is CN(C)CC#Cc1ccc(C#N)cc1.CN(C)CC#Cc1ccc(NC(=O)OC(C)(C)C)cc1Cl.COc1ccc(C#CCN(C)C)cc1. The fourth-order valence-electron chi connectivity index (χ4n) is 3.31. The Hall–Kier alpha value is -4.93. The van der Waals surface area contributed by atoms with E-state index in [1.807, 2.05) is 114 Å². The number of nitrogens with one attached hydrogen (secondary N) is 1. The smallest absolute Gasteiger partial charge is 0.412 e. The van der Waals surface area contributed by atoms with Gasteiger partial charge < -0.3 is 9.47 Å². The number of hydrogen-bond donors (Lipinski definition) is 1. The Morgan fingerprint density at radius 2 is 1.18 bits per heavy atom. The summed E-state index contributed by atoms with van der Waals surface area (Å²) in [7, 11) is 13.5. The van der Waals surface area contributed by atoms with Gasteiger partial charge in [0.2, 0.25) is 0 Å². The van der Waals surface area contributed by atoms with Gasteiger partial charge in [0.25, 0.3) is 0 Å². The molecular weight excluding hydrogens is 634 g/mol. The Morgan fingerprint density at radius 3 is 1.59 bits per heavy atom. The van der Waals surface area contributed by atoms with Crippen LogP contribution in [0.3, 0.4) is 0 Å². The summed E-state index contributed by atoms with van der Waals surface area (Å²) in [5.41, 5.74) is 3.41. The second-order valence-corrected chi connectivity index (χ2v) is 12.8. The van der Waals surface area contributed by atoms with Crippen molar-refractivity contribution < 1.29 is 14.3 Å². The molecule has 3 aromatic rings. The Labute approximate surface area is 298 Å². The van der Waals surface area contributed by atoms with Gasteiger partial charge in [-0.1, -0.05) is 47.1 Å². The third-order valence-electron chi connectivity index (χ3n) is 5.59. The van der Waals surface area contributed by atoms with E-state index >= 15 is 0 Å². The fraction of sp³-hybridized carbons (Fsp3) is 0.350. The summed E-state index contributed by atoms with van der Waals surface area (Å²) in [6.45, 7) is 7.62. The molecule has 0 bridgehead atoms. The lowest BCUT2D eigenvalue weighted by Crippen LogP contribution is -2.27. The molecule has 0 fully saturated rings. The van der Waals surface area contributed by atoms with E-state index in [4.69, 9.17) is 26.3 Å². The largest absolute Gasteiger partial charge is 0.497 e. The molecule has 8 nitrogen and oxygen atoms in total. The highest BCUT2D eigenvalue weighted by Crippen LogP contribution is 2.21. The molecule has 0 radical (unpaired) electrons. The van der Waals surface area contributed by atoms with Gasteiger partial charge in [-0.15, -0.1) is 0 Å². The first-order valence-corrected chi connectivity index (χ1v) is 15.8. The minimum absolute atomic E-state index is 0.495. The van der Waals surface area contributed by atoms with E-state index in [1.54, 1.807) is 37.4 Å². The quantitative estimate of drug-likeness (QED) is 0.301. The molecule has 0 spiro atoms. The summed E-state index contributed by atoms with van der Waals surface area (Å²) >= 11 is 6.15. The van der Waals surface area contributed by atoms with Crippen LogP contribution < -0.4 is 10.1 Å². The molecule has 1 amide bonds. The summed E-state index contributed by atoms with van der Waals surface area (Å²) < 4.78 is 10.2. The summed E-state index contributed by atoms with van der Waals surface area (Å²) in [5, 5.41) is 11.7. The van der Waals surface area contributed by atoms with Crippen molar-refractivity contribution in [1.82, 2.24) is 14.7 Å². The van der Waals surface area contributed by atoms with Crippen LogP contribution in [0.25, 0.3) is 0 Å². The number of carbonyl (C=O) groups is 1. The van der Waals surface area contributed by atoms with E-state index in [0.29, 0.717) is 22.8 Å². The van der Waals surface area contributed by atoms with Crippen molar-refractivity contribution in [3.8, 4) is 47.3 Å². The predicted octanol–water partition coefficient (Wildman–Crippen LogP) is 6.68. The molecule has 258 valence electrons. The highest BCUT2D eigenvalue weighted by molar-refractivity contribution is 6.32. The zero-order valence-electron chi connectivity index (χ0n) is 30.4. The van der Waals surface area contributed by atoms with Crippen molar-refractivity contribution in [2.75, 3.05) is 74.3 Å². The lowest BCUT2D eigenvalue weighted by atomic mass is 10.1. The summed E-state index contributed by atoms with van der Waals surface area (Å²) in [6, 6.07) is 22.3. The first kappa shape index (κ1) is 42.1. The molecule has 0 aliphatic heterocycles. The maximum absolute atomic E-state index is 11.7. The van der Waals surface area contributed by atoms with Crippen LogP contribution in [0.5, 0.6) is 5.75 Å². The van der Waals surface area contributed by atoms with E-state index in [-0.39, 0.29) is 0 Å². The Morgan fingerprint density at radius 1 is 0.735 bits per heavy atom. The van der Waals surface area contributed by atoms with Crippen LogP contribution in [0.4, 0.5) is 10.5 Å². The highest BCUT2D eigenvalue weighted by Gasteiger charge is 2.16. The van der Waals surface area contributed by atoms with E-state index in [1.165, 1.54) is 0 Å². The van der Waals surface area contributed by atoms with Crippen LogP contribution in [-0.4, -0.2) is 95.4 Å². The summed E-state index contributed by atoms with van der Waals surface area (Å²) in [4.78, 5) is 17.7.